The molecule has 1 amide bonds. The third kappa shape index (κ3) is 2.35. The highest BCUT2D eigenvalue weighted by molar-refractivity contribution is 5.94. The molecule has 4 atom stereocenters. The quantitative estimate of drug-likeness (QED) is 0.551. The van der Waals surface area contributed by atoms with E-state index in [0.29, 0.717) is 42.4 Å². The van der Waals surface area contributed by atoms with Crippen molar-refractivity contribution in [2.45, 2.75) is 31.1 Å². The van der Waals surface area contributed by atoms with E-state index < -0.39 is 17.2 Å². The average molecular weight is 468 g/mol. The molecule has 1 saturated carbocycles. The molecule has 3 aliphatic heterocycles. The number of carbonyl (C=O) groups is 1. The summed E-state index contributed by atoms with van der Waals surface area (Å²) in [5, 5.41) is 0. The van der Waals surface area contributed by atoms with Gasteiger partial charge in [0.25, 0.3) is 11.5 Å². The van der Waals surface area contributed by atoms with Crippen molar-refractivity contribution in [2.24, 2.45) is 11.8 Å². The SMILES string of the molecule is Cc1cn(-c2ccc3n(c2=O)CC2[C@H]4[C@@H]5COc6ccc(C(F)(F)F)cc6[C@@]54CN2C3=O)cn1. The van der Waals surface area contributed by atoms with Crippen molar-refractivity contribution in [3.8, 4) is 11.4 Å². The van der Waals surface area contributed by atoms with Crippen LogP contribution in [0.1, 0.15) is 27.3 Å². The lowest BCUT2D eigenvalue weighted by Crippen LogP contribution is -2.51. The van der Waals surface area contributed by atoms with E-state index in [2.05, 4.69) is 4.98 Å². The van der Waals surface area contributed by atoms with Crippen molar-refractivity contribution in [3.63, 3.8) is 0 Å². The number of imidazole rings is 1. The van der Waals surface area contributed by atoms with Gasteiger partial charge < -0.3 is 18.8 Å². The third-order valence-electron chi connectivity index (χ3n) is 8.05. The fraction of sp³-hybridized carbons (Fsp3) is 0.375. The highest BCUT2D eigenvalue weighted by Gasteiger charge is 2.76. The zero-order valence-electron chi connectivity index (χ0n) is 18.0. The predicted octanol–water partition coefficient (Wildman–Crippen LogP) is 2.78. The molecule has 2 aromatic heterocycles. The standard InChI is InChI=1S/C24H19F3N4O3/c1-12-7-29(11-28-12)16-3-4-17-22(33)31-10-23-14-6-13(24(25,26)27)2-5-19(14)34-9-15(23)20(23)18(31)8-30(17)21(16)32/h2-7,11,15,18,20H,8-10H2,1H3/t15-,18?,20+,23-/m0/s1. The van der Waals surface area contributed by atoms with Crippen molar-refractivity contribution in [1.29, 1.82) is 0 Å². The number of fused-ring (bicyclic) bond motifs is 5. The summed E-state index contributed by atoms with van der Waals surface area (Å²) in [5.74, 6) is 0.156. The third-order valence-corrected chi connectivity index (χ3v) is 8.05. The Kier molecular flexibility index (Phi) is 3.57. The number of carbonyl (C=O) groups excluding carboxylic acids is 1. The lowest BCUT2D eigenvalue weighted by molar-refractivity contribution is -0.137. The smallest absolute Gasteiger partial charge is 0.416 e. The molecule has 7 nitrogen and oxygen atoms in total. The predicted molar refractivity (Wildman–Crippen MR) is 113 cm³/mol. The maximum absolute atomic E-state index is 13.5. The van der Waals surface area contributed by atoms with E-state index in [0.717, 1.165) is 11.8 Å². The van der Waals surface area contributed by atoms with Gasteiger partial charge in [0.1, 0.15) is 17.1 Å². The molecule has 1 saturated heterocycles. The van der Waals surface area contributed by atoms with Crippen LogP contribution in [-0.2, 0) is 18.1 Å². The van der Waals surface area contributed by atoms with E-state index in [1.54, 1.807) is 34.1 Å². The lowest BCUT2D eigenvalue weighted by Gasteiger charge is -2.36. The van der Waals surface area contributed by atoms with Gasteiger partial charge >= 0.3 is 6.18 Å². The molecule has 34 heavy (non-hydrogen) atoms. The summed E-state index contributed by atoms with van der Waals surface area (Å²) in [4.78, 5) is 32.7. The van der Waals surface area contributed by atoms with Gasteiger partial charge in [0.05, 0.1) is 30.2 Å². The van der Waals surface area contributed by atoms with Gasteiger partial charge in [-0.05, 0) is 43.2 Å². The van der Waals surface area contributed by atoms with E-state index in [4.69, 9.17) is 4.74 Å². The molecule has 1 unspecified atom stereocenters. The Morgan fingerprint density at radius 1 is 1.18 bits per heavy atom. The first-order chi connectivity index (χ1) is 16.2. The Morgan fingerprint density at radius 2 is 2.00 bits per heavy atom. The van der Waals surface area contributed by atoms with Gasteiger partial charge in [0.15, 0.2) is 0 Å². The zero-order valence-corrected chi connectivity index (χ0v) is 18.0. The molecule has 4 aliphatic rings. The lowest BCUT2D eigenvalue weighted by atomic mass is 9.89. The van der Waals surface area contributed by atoms with Crippen molar-refractivity contribution in [3.05, 3.63) is 75.7 Å². The van der Waals surface area contributed by atoms with Gasteiger partial charge in [0.2, 0.25) is 0 Å². The molecule has 3 aromatic rings. The number of halogens is 3. The molecule has 0 bridgehead atoms. The fourth-order valence-corrected chi connectivity index (χ4v) is 6.52. The van der Waals surface area contributed by atoms with E-state index >= 15 is 0 Å². The maximum atomic E-state index is 13.5. The number of hydrogen-bond acceptors (Lipinski definition) is 4. The van der Waals surface area contributed by atoms with Crippen LogP contribution in [0.15, 0.2) is 47.7 Å². The second-order valence-electron chi connectivity index (χ2n) is 9.63. The highest BCUT2D eigenvalue weighted by Crippen LogP contribution is 2.70. The van der Waals surface area contributed by atoms with E-state index in [1.165, 1.54) is 16.7 Å². The average Bonchev–Trinajstić information content (AvgIpc) is 3.05. The summed E-state index contributed by atoms with van der Waals surface area (Å²) in [6, 6.07) is 6.59. The van der Waals surface area contributed by atoms with Crippen LogP contribution in [0.5, 0.6) is 5.75 Å². The minimum Gasteiger partial charge on any atom is -0.493 e. The van der Waals surface area contributed by atoms with Crippen LogP contribution >= 0.6 is 0 Å². The summed E-state index contributed by atoms with van der Waals surface area (Å²) in [6.07, 6.45) is -1.16. The minimum absolute atomic E-state index is 0.0225. The number of amides is 1. The normalized spacial score (nSPS) is 28.4. The summed E-state index contributed by atoms with van der Waals surface area (Å²) in [5.41, 5.74) is 0.417. The number of ether oxygens (including phenoxy) is 1. The molecule has 174 valence electrons. The van der Waals surface area contributed by atoms with Crippen molar-refractivity contribution in [1.82, 2.24) is 19.0 Å². The molecule has 0 radical (unpaired) electrons. The number of pyridine rings is 1. The Hall–Kier alpha value is -3.56. The van der Waals surface area contributed by atoms with Crippen LogP contribution in [-0.4, -0.2) is 44.1 Å². The monoisotopic (exact) mass is 468 g/mol. The van der Waals surface area contributed by atoms with Crippen molar-refractivity contribution < 1.29 is 22.7 Å². The number of piperidine rings is 1. The van der Waals surface area contributed by atoms with Gasteiger partial charge in [0, 0.05) is 36.2 Å². The first kappa shape index (κ1) is 19.9. The number of nitrogens with zero attached hydrogens (tertiary/aromatic N) is 4. The van der Waals surface area contributed by atoms with Crippen molar-refractivity contribution in [2.75, 3.05) is 13.2 Å². The fourth-order valence-electron chi connectivity index (χ4n) is 6.52. The number of hydrogen-bond donors (Lipinski definition) is 0. The Balaban J connectivity index is 1.31. The number of rotatable bonds is 1. The van der Waals surface area contributed by atoms with Crippen LogP contribution in [0.4, 0.5) is 13.2 Å². The summed E-state index contributed by atoms with van der Waals surface area (Å²) in [6.45, 7) is 2.86. The maximum Gasteiger partial charge on any atom is 0.416 e. The van der Waals surface area contributed by atoms with Crippen LogP contribution < -0.4 is 10.3 Å². The molecule has 7 rings (SSSR count). The highest BCUT2D eigenvalue weighted by atomic mass is 19.4. The number of alkyl halides is 3. The minimum atomic E-state index is -4.46. The van der Waals surface area contributed by atoms with E-state index in [-0.39, 0.29) is 29.3 Å². The Labute approximate surface area is 191 Å². The van der Waals surface area contributed by atoms with Crippen LogP contribution in [0.25, 0.3) is 5.69 Å². The van der Waals surface area contributed by atoms with Gasteiger partial charge in [-0.3, -0.25) is 9.59 Å². The molecule has 1 aromatic carbocycles. The van der Waals surface area contributed by atoms with Crippen molar-refractivity contribution >= 4 is 5.91 Å². The van der Waals surface area contributed by atoms with Gasteiger partial charge in [-0.25, -0.2) is 4.98 Å². The number of aromatic nitrogens is 3. The summed E-state index contributed by atoms with van der Waals surface area (Å²) < 4.78 is 49.3. The second-order valence-corrected chi connectivity index (χ2v) is 9.63. The Bertz CT molecular complexity index is 1460. The molecular weight excluding hydrogens is 449 g/mol. The van der Waals surface area contributed by atoms with E-state index in [1.807, 2.05) is 6.92 Å². The molecule has 2 fully saturated rings. The number of benzene rings is 1. The first-order valence-electron chi connectivity index (χ1n) is 11.1. The molecular formula is C24H19F3N4O3. The number of aryl methyl sites for hydroxylation is 1. The molecule has 1 spiro atoms. The van der Waals surface area contributed by atoms with Gasteiger partial charge in [-0.1, -0.05) is 0 Å². The van der Waals surface area contributed by atoms with Crippen LogP contribution in [0.3, 0.4) is 0 Å². The summed E-state index contributed by atoms with van der Waals surface area (Å²) in [7, 11) is 0. The topological polar surface area (TPSA) is 69.4 Å². The molecule has 0 N–H and O–H groups in total. The molecule has 5 heterocycles. The first-order valence-corrected chi connectivity index (χ1v) is 11.1. The van der Waals surface area contributed by atoms with Gasteiger partial charge in [-0.15, -0.1) is 0 Å². The molecule has 10 heteroatoms. The summed E-state index contributed by atoms with van der Waals surface area (Å²) >= 11 is 0. The second kappa shape index (κ2) is 6.11. The Morgan fingerprint density at radius 3 is 2.74 bits per heavy atom. The van der Waals surface area contributed by atoms with Gasteiger partial charge in [-0.2, -0.15) is 13.2 Å². The van der Waals surface area contributed by atoms with E-state index in [9.17, 15) is 22.8 Å². The zero-order chi connectivity index (χ0) is 23.6. The van der Waals surface area contributed by atoms with Crippen LogP contribution in [0.2, 0.25) is 0 Å². The van der Waals surface area contributed by atoms with Crippen LogP contribution in [0, 0.1) is 18.8 Å². The molecule has 1 aliphatic carbocycles. The largest absolute Gasteiger partial charge is 0.493 e.